The summed E-state index contributed by atoms with van der Waals surface area (Å²) in [5, 5.41) is 5.46. The molecule has 31 heavy (non-hydrogen) atoms. The summed E-state index contributed by atoms with van der Waals surface area (Å²) >= 11 is 6.41. The minimum atomic E-state index is 0.345. The van der Waals surface area contributed by atoms with Crippen LogP contribution in [-0.2, 0) is 6.61 Å². The Bertz CT molecular complexity index is 1380. The van der Waals surface area contributed by atoms with Crippen LogP contribution in [0, 0.1) is 0 Å². The second kappa shape index (κ2) is 8.08. The molecule has 152 valence electrons. The van der Waals surface area contributed by atoms with Crippen molar-refractivity contribution in [2.24, 2.45) is 0 Å². The molecule has 0 spiro atoms. The molecule has 0 unspecified atom stereocenters. The van der Waals surface area contributed by atoms with Crippen LogP contribution in [0.1, 0.15) is 15.9 Å². The van der Waals surface area contributed by atoms with Gasteiger partial charge in [-0.1, -0.05) is 41.9 Å². The lowest BCUT2D eigenvalue weighted by molar-refractivity contribution is 0.112. The first-order valence-electron chi connectivity index (χ1n) is 9.58. The number of carbonyl (C=O) groups excluding carboxylic acids is 1. The lowest BCUT2D eigenvalue weighted by Crippen LogP contribution is -1.96. The number of halogens is 1. The summed E-state index contributed by atoms with van der Waals surface area (Å²) < 4.78 is 13.1. The maximum absolute atomic E-state index is 11.0. The summed E-state index contributed by atoms with van der Waals surface area (Å²) in [6.07, 6.45) is 2.65. The van der Waals surface area contributed by atoms with Crippen LogP contribution in [0.5, 0.6) is 5.75 Å². The van der Waals surface area contributed by atoms with Gasteiger partial charge in [0.25, 0.3) is 11.8 Å². The molecule has 2 heterocycles. The fourth-order valence-electron chi connectivity index (χ4n) is 3.33. The summed E-state index contributed by atoms with van der Waals surface area (Å²) in [7, 11) is 0. The fourth-order valence-corrected chi connectivity index (χ4v) is 3.56. The van der Waals surface area contributed by atoms with Gasteiger partial charge in [-0.15, -0.1) is 0 Å². The van der Waals surface area contributed by atoms with E-state index < -0.39 is 0 Å². The average molecular weight is 430 g/mol. The van der Waals surface area contributed by atoms with E-state index in [-0.39, 0.29) is 0 Å². The van der Waals surface area contributed by atoms with Crippen LogP contribution in [0.2, 0.25) is 5.02 Å². The van der Waals surface area contributed by atoms with E-state index in [1.807, 2.05) is 60.8 Å². The van der Waals surface area contributed by atoms with Crippen LogP contribution in [0.25, 0.3) is 28.3 Å². The molecule has 0 amide bonds. The van der Waals surface area contributed by atoms with E-state index in [1.54, 1.807) is 22.8 Å². The Morgan fingerprint density at radius 1 is 1.03 bits per heavy atom. The van der Waals surface area contributed by atoms with E-state index in [1.165, 1.54) is 0 Å². The third-order valence-corrected chi connectivity index (χ3v) is 5.19. The predicted octanol–water partition coefficient (Wildman–Crippen LogP) is 5.73. The van der Waals surface area contributed by atoms with Gasteiger partial charge in [0.05, 0.1) is 10.5 Å². The van der Waals surface area contributed by atoms with Gasteiger partial charge in [0, 0.05) is 22.7 Å². The van der Waals surface area contributed by atoms with Gasteiger partial charge >= 0.3 is 0 Å². The minimum Gasteiger partial charge on any atom is -0.487 e. The van der Waals surface area contributed by atoms with Crippen molar-refractivity contribution in [3.05, 3.63) is 95.1 Å². The molecule has 0 aliphatic carbocycles. The topological polar surface area (TPSA) is 70.2 Å². The maximum Gasteiger partial charge on any atom is 0.275 e. The zero-order valence-electron chi connectivity index (χ0n) is 16.2. The lowest BCUT2D eigenvalue weighted by atomic mass is 10.2. The number of nitrogens with zero attached hydrogens (tertiary/aromatic N) is 3. The molecule has 0 fully saturated rings. The molecule has 2 aromatic heterocycles. The normalized spacial score (nSPS) is 11.0. The standard InChI is InChI=1S/C24H16ClN3O3/c25-20-13-19(7-9-22(20)30-15-16-4-2-1-3-5-16)23-26-24(27-31-23)28-11-10-18-12-17(14-29)6-8-21(18)28/h1-14H,15H2. The molecule has 7 heteroatoms. The van der Waals surface area contributed by atoms with Gasteiger partial charge in [0.1, 0.15) is 18.6 Å². The molecule has 5 rings (SSSR count). The van der Waals surface area contributed by atoms with E-state index >= 15 is 0 Å². The molecular formula is C24H16ClN3O3. The first-order chi connectivity index (χ1) is 15.2. The minimum absolute atomic E-state index is 0.345. The number of fused-ring (bicyclic) bond motifs is 1. The number of hydrogen-bond acceptors (Lipinski definition) is 5. The van der Waals surface area contributed by atoms with Crippen LogP contribution in [0.4, 0.5) is 0 Å². The number of aromatic nitrogens is 3. The molecule has 0 aliphatic rings. The highest BCUT2D eigenvalue weighted by atomic mass is 35.5. The van der Waals surface area contributed by atoms with Crippen LogP contribution in [-0.4, -0.2) is 21.0 Å². The Labute approximate surface area is 182 Å². The average Bonchev–Trinajstić information content (AvgIpc) is 3.45. The SMILES string of the molecule is O=Cc1ccc2c(ccn2-c2noc(-c3ccc(OCc4ccccc4)c(Cl)c3)n2)c1. The van der Waals surface area contributed by atoms with Crippen molar-refractivity contribution in [2.45, 2.75) is 6.61 Å². The monoisotopic (exact) mass is 429 g/mol. The first-order valence-corrected chi connectivity index (χ1v) is 9.96. The molecule has 0 radical (unpaired) electrons. The number of hydrogen-bond donors (Lipinski definition) is 0. The maximum atomic E-state index is 11.0. The van der Waals surface area contributed by atoms with Crippen molar-refractivity contribution in [2.75, 3.05) is 0 Å². The van der Waals surface area contributed by atoms with E-state index in [0.717, 1.165) is 22.8 Å². The van der Waals surface area contributed by atoms with Gasteiger partial charge < -0.3 is 9.26 Å². The number of rotatable bonds is 6. The molecule has 0 saturated heterocycles. The molecular weight excluding hydrogens is 414 g/mol. The van der Waals surface area contributed by atoms with Crippen LogP contribution in [0.3, 0.4) is 0 Å². The number of aldehydes is 1. The van der Waals surface area contributed by atoms with Gasteiger partial charge in [-0.25, -0.2) is 0 Å². The second-order valence-electron chi connectivity index (χ2n) is 6.94. The Morgan fingerprint density at radius 2 is 1.90 bits per heavy atom. The largest absolute Gasteiger partial charge is 0.487 e. The van der Waals surface area contributed by atoms with Crippen LogP contribution >= 0.6 is 11.6 Å². The Kier molecular flexibility index (Phi) is 4.98. The summed E-state index contributed by atoms with van der Waals surface area (Å²) in [5.74, 6) is 1.32. The van der Waals surface area contributed by atoms with Crippen molar-refractivity contribution in [3.8, 4) is 23.2 Å². The van der Waals surface area contributed by atoms with Crippen molar-refractivity contribution in [1.29, 1.82) is 0 Å². The fraction of sp³-hybridized carbons (Fsp3) is 0.0417. The third kappa shape index (κ3) is 3.81. The predicted molar refractivity (Wildman–Crippen MR) is 118 cm³/mol. The Hall–Kier alpha value is -3.90. The number of carbonyl (C=O) groups is 1. The number of ether oxygens (including phenoxy) is 1. The molecule has 0 N–H and O–H groups in total. The summed E-state index contributed by atoms with van der Waals surface area (Å²) in [6.45, 7) is 0.428. The summed E-state index contributed by atoms with van der Waals surface area (Å²) in [5.41, 5.74) is 3.24. The molecule has 0 aliphatic heterocycles. The zero-order valence-corrected chi connectivity index (χ0v) is 17.0. The van der Waals surface area contributed by atoms with Gasteiger partial charge in [0.2, 0.25) is 0 Å². The van der Waals surface area contributed by atoms with Gasteiger partial charge in [-0.05, 0) is 53.2 Å². The van der Waals surface area contributed by atoms with Gasteiger partial charge in [-0.3, -0.25) is 9.36 Å². The number of benzene rings is 3. The van der Waals surface area contributed by atoms with E-state index in [9.17, 15) is 4.79 Å². The lowest BCUT2D eigenvalue weighted by Gasteiger charge is -2.08. The highest BCUT2D eigenvalue weighted by Crippen LogP contribution is 2.31. The quantitative estimate of drug-likeness (QED) is 0.322. The van der Waals surface area contributed by atoms with Gasteiger partial charge in [-0.2, -0.15) is 4.98 Å². The van der Waals surface area contributed by atoms with Gasteiger partial charge in [0.15, 0.2) is 0 Å². The molecule has 0 bridgehead atoms. The van der Waals surface area contributed by atoms with Crippen LogP contribution in [0.15, 0.2) is 83.5 Å². The van der Waals surface area contributed by atoms with Crippen molar-refractivity contribution in [3.63, 3.8) is 0 Å². The highest BCUT2D eigenvalue weighted by Gasteiger charge is 2.14. The van der Waals surface area contributed by atoms with E-state index in [2.05, 4.69) is 10.1 Å². The third-order valence-electron chi connectivity index (χ3n) is 4.90. The van der Waals surface area contributed by atoms with Crippen molar-refractivity contribution >= 4 is 28.8 Å². The first kappa shape index (κ1) is 19.1. The molecule has 0 saturated carbocycles. The smallest absolute Gasteiger partial charge is 0.275 e. The zero-order chi connectivity index (χ0) is 21.2. The highest BCUT2D eigenvalue weighted by molar-refractivity contribution is 6.32. The van der Waals surface area contributed by atoms with Crippen LogP contribution < -0.4 is 4.74 Å². The summed E-state index contributed by atoms with van der Waals surface area (Å²) in [6, 6.07) is 22.5. The Morgan fingerprint density at radius 3 is 2.71 bits per heavy atom. The molecule has 6 nitrogen and oxygen atoms in total. The van der Waals surface area contributed by atoms with Crippen molar-refractivity contribution < 1.29 is 14.1 Å². The van der Waals surface area contributed by atoms with E-state index in [0.29, 0.717) is 40.3 Å². The van der Waals surface area contributed by atoms with Crippen molar-refractivity contribution in [1.82, 2.24) is 14.7 Å². The molecule has 0 atom stereocenters. The molecule has 5 aromatic rings. The second-order valence-corrected chi connectivity index (χ2v) is 7.35. The summed E-state index contributed by atoms with van der Waals surface area (Å²) in [4.78, 5) is 15.5. The van der Waals surface area contributed by atoms with E-state index in [4.69, 9.17) is 20.9 Å². The Balaban J connectivity index is 1.38. The molecule has 3 aromatic carbocycles.